The molecule has 3 rings (SSSR count). The molecule has 0 spiro atoms. The number of rotatable bonds is 2. The molecule has 2 unspecified atom stereocenters. The summed E-state index contributed by atoms with van der Waals surface area (Å²) in [5, 5.41) is 42.3. The van der Waals surface area contributed by atoms with Crippen LogP contribution in [0.1, 0.15) is 59.8 Å². The first-order valence-corrected chi connectivity index (χ1v) is 9.51. The van der Waals surface area contributed by atoms with Gasteiger partial charge in [0.2, 0.25) is 0 Å². The van der Waals surface area contributed by atoms with Crippen LogP contribution in [-0.2, 0) is 4.79 Å². The van der Waals surface area contributed by atoms with Crippen LogP contribution in [0.15, 0.2) is 11.6 Å². The van der Waals surface area contributed by atoms with Crippen LogP contribution in [0.4, 0.5) is 0 Å². The number of carbonyl (C=O) groups is 1. The smallest absolute Gasteiger partial charge is 0.309 e. The number of hydrogen-bond acceptors (Lipinski definition) is 4. The first kappa shape index (κ1) is 18.9. The maximum Gasteiger partial charge on any atom is 0.309 e. The molecule has 142 valence electrons. The summed E-state index contributed by atoms with van der Waals surface area (Å²) in [6.45, 7) is 7.66. The molecular formula is C20H32O5. The Kier molecular flexibility index (Phi) is 4.37. The fourth-order valence-corrected chi connectivity index (χ4v) is 6.02. The van der Waals surface area contributed by atoms with Crippen molar-refractivity contribution in [1.29, 1.82) is 0 Å². The SMILES string of the molecule is CC(C)[C@@]1(O)C=C2C(C[C@@H]1O)[C@@]1(C)CCC[C@@](C)(C(=O)O)C1C[C@H]2O. The van der Waals surface area contributed by atoms with Crippen LogP contribution < -0.4 is 0 Å². The maximum atomic E-state index is 12.0. The van der Waals surface area contributed by atoms with Crippen LogP contribution in [0.2, 0.25) is 0 Å². The topological polar surface area (TPSA) is 98.0 Å². The lowest BCUT2D eigenvalue weighted by atomic mass is 9.44. The van der Waals surface area contributed by atoms with E-state index in [1.807, 2.05) is 20.8 Å². The van der Waals surface area contributed by atoms with Crippen LogP contribution in [0.5, 0.6) is 0 Å². The lowest BCUT2D eigenvalue weighted by molar-refractivity contribution is -0.172. The highest BCUT2D eigenvalue weighted by molar-refractivity contribution is 5.75. The van der Waals surface area contributed by atoms with Crippen molar-refractivity contribution >= 4 is 5.97 Å². The zero-order valence-electron chi connectivity index (χ0n) is 15.7. The van der Waals surface area contributed by atoms with Gasteiger partial charge in [-0.1, -0.05) is 27.2 Å². The van der Waals surface area contributed by atoms with Crippen molar-refractivity contribution in [3.8, 4) is 0 Å². The molecule has 25 heavy (non-hydrogen) atoms. The second-order valence-corrected chi connectivity index (χ2v) is 9.38. The first-order valence-electron chi connectivity index (χ1n) is 9.51. The fourth-order valence-electron chi connectivity index (χ4n) is 6.02. The molecule has 0 amide bonds. The Morgan fingerprint density at radius 3 is 2.40 bits per heavy atom. The Morgan fingerprint density at radius 1 is 1.20 bits per heavy atom. The molecule has 3 aliphatic carbocycles. The molecule has 3 aliphatic rings. The summed E-state index contributed by atoms with van der Waals surface area (Å²) in [5.74, 6) is -1.18. The summed E-state index contributed by atoms with van der Waals surface area (Å²) in [6.07, 6.45) is 3.17. The highest BCUT2D eigenvalue weighted by Gasteiger charge is 2.61. The van der Waals surface area contributed by atoms with Gasteiger partial charge >= 0.3 is 5.97 Å². The second kappa shape index (κ2) is 5.80. The van der Waals surface area contributed by atoms with Gasteiger partial charge in [-0.3, -0.25) is 4.79 Å². The van der Waals surface area contributed by atoms with E-state index in [9.17, 15) is 25.2 Å². The monoisotopic (exact) mass is 352 g/mol. The van der Waals surface area contributed by atoms with E-state index >= 15 is 0 Å². The number of aliphatic hydroxyl groups excluding tert-OH is 2. The minimum Gasteiger partial charge on any atom is -0.481 e. The van der Waals surface area contributed by atoms with Crippen molar-refractivity contribution in [3.63, 3.8) is 0 Å². The Labute approximate surface area is 149 Å². The van der Waals surface area contributed by atoms with Crippen molar-refractivity contribution in [2.24, 2.45) is 28.6 Å². The summed E-state index contributed by atoms with van der Waals surface area (Å²) in [4.78, 5) is 12.0. The standard InChI is InChI=1S/C20H32O5/c1-11(2)20(25)10-12-13(8-16(20)22)18(3)6-5-7-19(4,17(23)24)15(18)9-14(12)21/h10-11,13-16,21-22,25H,5-9H2,1-4H3,(H,23,24)/t13?,14-,15?,16+,18-,19-,20+/m1/s1. The van der Waals surface area contributed by atoms with Crippen LogP contribution in [-0.4, -0.2) is 44.2 Å². The van der Waals surface area contributed by atoms with Crippen molar-refractivity contribution < 1.29 is 25.2 Å². The van der Waals surface area contributed by atoms with Gasteiger partial charge in [-0.25, -0.2) is 0 Å². The van der Waals surface area contributed by atoms with Crippen molar-refractivity contribution in [2.75, 3.05) is 0 Å². The number of carboxylic acids is 1. The van der Waals surface area contributed by atoms with Gasteiger partial charge in [0.25, 0.3) is 0 Å². The molecule has 0 aromatic carbocycles. The largest absolute Gasteiger partial charge is 0.481 e. The molecule has 0 aromatic rings. The normalized spacial score (nSPS) is 50.0. The predicted molar refractivity (Wildman–Crippen MR) is 93.8 cm³/mol. The number of aliphatic hydroxyl groups is 3. The lowest BCUT2D eigenvalue weighted by Gasteiger charge is -2.60. The number of aliphatic carboxylic acids is 1. The van der Waals surface area contributed by atoms with Gasteiger partial charge in [-0.2, -0.15) is 0 Å². The molecule has 5 heteroatoms. The molecule has 0 aliphatic heterocycles. The van der Waals surface area contributed by atoms with Crippen LogP contribution in [0.3, 0.4) is 0 Å². The van der Waals surface area contributed by atoms with E-state index in [0.717, 1.165) is 18.4 Å². The van der Waals surface area contributed by atoms with Gasteiger partial charge in [0.1, 0.15) is 5.60 Å². The van der Waals surface area contributed by atoms with E-state index < -0.39 is 29.2 Å². The predicted octanol–water partition coefficient (Wildman–Crippen LogP) is 2.34. The summed E-state index contributed by atoms with van der Waals surface area (Å²) >= 11 is 0. The van der Waals surface area contributed by atoms with Crippen molar-refractivity contribution in [3.05, 3.63) is 11.6 Å². The molecule has 5 nitrogen and oxygen atoms in total. The van der Waals surface area contributed by atoms with E-state index in [-0.39, 0.29) is 23.2 Å². The number of carboxylic acid groups (broad SMARTS) is 1. The molecule has 2 fully saturated rings. The Morgan fingerprint density at radius 2 is 1.84 bits per heavy atom. The lowest BCUT2D eigenvalue weighted by Crippen LogP contribution is -2.60. The third-order valence-electron chi connectivity index (χ3n) is 7.82. The highest BCUT2D eigenvalue weighted by atomic mass is 16.4. The number of hydrogen-bond donors (Lipinski definition) is 4. The van der Waals surface area contributed by atoms with Gasteiger partial charge < -0.3 is 20.4 Å². The van der Waals surface area contributed by atoms with E-state index in [0.29, 0.717) is 19.3 Å². The minimum absolute atomic E-state index is 0.0887. The average Bonchev–Trinajstić information content (AvgIpc) is 2.51. The van der Waals surface area contributed by atoms with E-state index in [2.05, 4.69) is 6.92 Å². The van der Waals surface area contributed by atoms with E-state index in [1.54, 1.807) is 6.08 Å². The van der Waals surface area contributed by atoms with Gasteiger partial charge in [0.05, 0.1) is 17.6 Å². The quantitative estimate of drug-likeness (QED) is 0.572. The van der Waals surface area contributed by atoms with Crippen molar-refractivity contribution in [2.45, 2.75) is 77.6 Å². The molecule has 4 N–H and O–H groups in total. The van der Waals surface area contributed by atoms with Gasteiger partial charge in [-0.15, -0.1) is 0 Å². The van der Waals surface area contributed by atoms with Crippen LogP contribution >= 0.6 is 0 Å². The maximum absolute atomic E-state index is 12.0. The van der Waals surface area contributed by atoms with E-state index in [4.69, 9.17) is 0 Å². The van der Waals surface area contributed by atoms with Gasteiger partial charge in [0.15, 0.2) is 0 Å². The third-order valence-corrected chi connectivity index (χ3v) is 7.82. The molecule has 0 heterocycles. The third kappa shape index (κ3) is 2.50. The van der Waals surface area contributed by atoms with E-state index in [1.165, 1.54) is 0 Å². The van der Waals surface area contributed by atoms with Crippen LogP contribution in [0.25, 0.3) is 0 Å². The Hall–Kier alpha value is -0.910. The molecule has 2 saturated carbocycles. The molecule has 0 saturated heterocycles. The summed E-state index contributed by atoms with van der Waals surface area (Å²) in [6, 6.07) is 0. The first-order chi connectivity index (χ1) is 11.5. The van der Waals surface area contributed by atoms with Gasteiger partial charge in [0, 0.05) is 0 Å². The zero-order valence-corrected chi connectivity index (χ0v) is 15.7. The second-order valence-electron chi connectivity index (χ2n) is 9.38. The molecule has 0 bridgehead atoms. The molecule has 7 atom stereocenters. The van der Waals surface area contributed by atoms with Gasteiger partial charge in [-0.05, 0) is 67.4 Å². The van der Waals surface area contributed by atoms with Crippen molar-refractivity contribution in [1.82, 2.24) is 0 Å². The zero-order chi connectivity index (χ0) is 18.8. The fraction of sp³-hybridized carbons (Fsp3) is 0.850. The van der Waals surface area contributed by atoms with Crippen LogP contribution in [0, 0.1) is 28.6 Å². The highest BCUT2D eigenvalue weighted by Crippen LogP contribution is 2.63. The summed E-state index contributed by atoms with van der Waals surface area (Å²) in [7, 11) is 0. The molecule has 0 radical (unpaired) electrons. The number of fused-ring (bicyclic) bond motifs is 3. The Balaban J connectivity index is 2.08. The summed E-state index contributed by atoms with van der Waals surface area (Å²) < 4.78 is 0. The summed E-state index contributed by atoms with van der Waals surface area (Å²) in [5.41, 5.74) is -1.66. The average molecular weight is 352 g/mol. The minimum atomic E-state index is -1.33. The molecular weight excluding hydrogens is 320 g/mol. The molecule has 0 aromatic heterocycles. The Bertz CT molecular complexity index is 599.